The average molecular weight is 193 g/mol. The van der Waals surface area contributed by atoms with E-state index in [-0.39, 0.29) is 0 Å². The molecule has 1 heterocycles. The lowest BCUT2D eigenvalue weighted by molar-refractivity contribution is 0.223. The summed E-state index contributed by atoms with van der Waals surface area (Å²) in [7, 11) is 0. The second-order valence-electron chi connectivity index (χ2n) is 3.40. The maximum Gasteiger partial charge on any atom is 0.119 e. The van der Waals surface area contributed by atoms with Gasteiger partial charge in [0.15, 0.2) is 0 Å². The molecule has 1 aromatic rings. The van der Waals surface area contributed by atoms with Crippen LogP contribution in [0.3, 0.4) is 0 Å². The van der Waals surface area contributed by atoms with Crippen LogP contribution in [0.15, 0.2) is 24.3 Å². The molecular formula is C10H15N3O. The predicted octanol–water partition coefficient (Wildman–Crippen LogP) is 0.713. The Labute approximate surface area is 83.4 Å². The molecule has 0 radical (unpaired) electrons. The Hall–Kier alpha value is -1.26. The van der Waals surface area contributed by atoms with Gasteiger partial charge in [0.2, 0.25) is 0 Å². The van der Waals surface area contributed by atoms with Gasteiger partial charge in [-0.2, -0.15) is 0 Å². The van der Waals surface area contributed by atoms with Crippen LogP contribution < -0.4 is 21.3 Å². The van der Waals surface area contributed by atoms with Crippen LogP contribution in [0.25, 0.3) is 0 Å². The van der Waals surface area contributed by atoms with E-state index in [1.54, 1.807) is 0 Å². The van der Waals surface area contributed by atoms with Crippen molar-refractivity contribution < 1.29 is 4.74 Å². The topological polar surface area (TPSA) is 59.3 Å². The Kier molecular flexibility index (Phi) is 2.86. The van der Waals surface area contributed by atoms with E-state index in [0.717, 1.165) is 30.9 Å². The zero-order valence-electron chi connectivity index (χ0n) is 7.99. The van der Waals surface area contributed by atoms with Crippen LogP contribution >= 0.6 is 0 Å². The summed E-state index contributed by atoms with van der Waals surface area (Å²) < 4.78 is 5.74. The number of hydrogen-bond donors (Lipinski definition) is 3. The number of anilines is 1. The first-order valence-corrected chi connectivity index (χ1v) is 4.82. The van der Waals surface area contributed by atoms with Crippen molar-refractivity contribution in [1.82, 2.24) is 5.32 Å². The van der Waals surface area contributed by atoms with Crippen LogP contribution in [-0.2, 0) is 0 Å². The maximum atomic E-state index is 5.74. The van der Waals surface area contributed by atoms with Crippen molar-refractivity contribution in [2.24, 2.45) is 5.84 Å². The molecule has 4 heteroatoms. The highest BCUT2D eigenvalue weighted by molar-refractivity contribution is 5.45. The van der Waals surface area contributed by atoms with E-state index >= 15 is 0 Å². The Morgan fingerprint density at radius 2 is 2.14 bits per heavy atom. The molecule has 1 atom stereocenters. The second kappa shape index (κ2) is 4.30. The first-order chi connectivity index (χ1) is 6.88. The monoisotopic (exact) mass is 193 g/mol. The highest BCUT2D eigenvalue weighted by Crippen LogP contribution is 2.17. The fraction of sp³-hybridized carbons (Fsp3) is 0.400. The maximum absolute atomic E-state index is 5.74. The minimum Gasteiger partial charge on any atom is -0.489 e. The van der Waals surface area contributed by atoms with Gasteiger partial charge in [-0.25, -0.2) is 0 Å². The van der Waals surface area contributed by atoms with E-state index in [9.17, 15) is 0 Å². The van der Waals surface area contributed by atoms with Crippen molar-refractivity contribution in [2.45, 2.75) is 12.5 Å². The van der Waals surface area contributed by atoms with E-state index < -0.39 is 0 Å². The highest BCUT2D eigenvalue weighted by atomic mass is 16.5. The van der Waals surface area contributed by atoms with Gasteiger partial charge in [-0.05, 0) is 37.2 Å². The van der Waals surface area contributed by atoms with Gasteiger partial charge >= 0.3 is 0 Å². The SMILES string of the molecule is NNc1ccc(OC2CCNC2)cc1. The molecule has 4 nitrogen and oxygen atoms in total. The molecule has 0 bridgehead atoms. The van der Waals surface area contributed by atoms with Crippen LogP contribution in [0.4, 0.5) is 5.69 Å². The molecule has 0 aromatic heterocycles. The fourth-order valence-corrected chi connectivity index (χ4v) is 1.55. The van der Waals surface area contributed by atoms with Gasteiger partial charge in [-0.15, -0.1) is 0 Å². The molecule has 0 aliphatic carbocycles. The Morgan fingerprint density at radius 1 is 1.36 bits per heavy atom. The molecule has 1 aliphatic rings. The molecule has 1 unspecified atom stereocenters. The molecule has 1 aliphatic heterocycles. The van der Waals surface area contributed by atoms with Gasteiger partial charge in [0.1, 0.15) is 11.9 Å². The predicted molar refractivity (Wildman–Crippen MR) is 56.2 cm³/mol. The largest absolute Gasteiger partial charge is 0.489 e. The van der Waals surface area contributed by atoms with Crippen LogP contribution in [0.2, 0.25) is 0 Å². The van der Waals surface area contributed by atoms with Gasteiger partial charge in [-0.1, -0.05) is 0 Å². The van der Waals surface area contributed by atoms with Crippen molar-refractivity contribution in [3.63, 3.8) is 0 Å². The Morgan fingerprint density at radius 3 is 2.71 bits per heavy atom. The smallest absolute Gasteiger partial charge is 0.119 e. The number of ether oxygens (including phenoxy) is 1. The molecule has 0 saturated carbocycles. The van der Waals surface area contributed by atoms with E-state index in [0.29, 0.717) is 6.10 Å². The van der Waals surface area contributed by atoms with Crippen molar-refractivity contribution in [1.29, 1.82) is 0 Å². The lowest BCUT2D eigenvalue weighted by Gasteiger charge is -2.12. The normalized spacial score (nSPS) is 20.8. The second-order valence-corrected chi connectivity index (χ2v) is 3.40. The fourth-order valence-electron chi connectivity index (χ4n) is 1.55. The minimum atomic E-state index is 0.312. The number of benzene rings is 1. The molecule has 76 valence electrons. The summed E-state index contributed by atoms with van der Waals surface area (Å²) in [6.45, 7) is 1.99. The van der Waals surface area contributed by atoms with Crippen molar-refractivity contribution in [3.8, 4) is 5.75 Å². The van der Waals surface area contributed by atoms with Crippen LogP contribution in [-0.4, -0.2) is 19.2 Å². The number of nitrogens with two attached hydrogens (primary N) is 1. The lowest BCUT2D eigenvalue weighted by Crippen LogP contribution is -2.19. The zero-order chi connectivity index (χ0) is 9.80. The van der Waals surface area contributed by atoms with E-state index in [1.807, 2.05) is 24.3 Å². The summed E-state index contributed by atoms with van der Waals surface area (Å²) in [5.74, 6) is 6.16. The Balaban J connectivity index is 1.95. The van der Waals surface area contributed by atoms with Gasteiger partial charge in [0.05, 0.1) is 0 Å². The molecule has 0 spiro atoms. The van der Waals surface area contributed by atoms with Gasteiger partial charge in [0.25, 0.3) is 0 Å². The molecule has 14 heavy (non-hydrogen) atoms. The third-order valence-electron chi connectivity index (χ3n) is 2.34. The summed E-state index contributed by atoms with van der Waals surface area (Å²) in [4.78, 5) is 0. The quantitative estimate of drug-likeness (QED) is 0.489. The number of nitrogen functional groups attached to an aromatic ring is 1. The lowest BCUT2D eigenvalue weighted by atomic mass is 10.3. The van der Waals surface area contributed by atoms with E-state index in [4.69, 9.17) is 10.6 Å². The third kappa shape index (κ3) is 2.16. The molecule has 1 saturated heterocycles. The van der Waals surface area contributed by atoms with Crippen LogP contribution in [0.5, 0.6) is 5.75 Å². The molecule has 1 aromatic carbocycles. The van der Waals surface area contributed by atoms with E-state index in [1.165, 1.54) is 0 Å². The standard InChI is InChI=1S/C10H15N3O/c11-13-8-1-3-9(4-2-8)14-10-5-6-12-7-10/h1-4,10,12-13H,5-7,11H2. The summed E-state index contributed by atoms with van der Waals surface area (Å²) in [5.41, 5.74) is 3.47. The van der Waals surface area contributed by atoms with Gasteiger partial charge in [0, 0.05) is 12.2 Å². The van der Waals surface area contributed by atoms with Gasteiger partial charge < -0.3 is 15.5 Å². The summed E-state index contributed by atoms with van der Waals surface area (Å²) >= 11 is 0. The number of hydrogen-bond acceptors (Lipinski definition) is 4. The number of hydrazine groups is 1. The summed E-state index contributed by atoms with van der Waals surface area (Å²) in [6, 6.07) is 7.65. The molecule has 0 amide bonds. The molecule has 2 rings (SSSR count). The average Bonchev–Trinajstić information content (AvgIpc) is 2.72. The molecule has 1 fully saturated rings. The number of nitrogens with one attached hydrogen (secondary N) is 2. The third-order valence-corrected chi connectivity index (χ3v) is 2.34. The first kappa shape index (κ1) is 9.30. The molecular weight excluding hydrogens is 178 g/mol. The first-order valence-electron chi connectivity index (χ1n) is 4.82. The van der Waals surface area contributed by atoms with Crippen molar-refractivity contribution in [3.05, 3.63) is 24.3 Å². The van der Waals surface area contributed by atoms with Crippen molar-refractivity contribution in [2.75, 3.05) is 18.5 Å². The molecule has 4 N–H and O–H groups in total. The van der Waals surface area contributed by atoms with Crippen molar-refractivity contribution >= 4 is 5.69 Å². The highest BCUT2D eigenvalue weighted by Gasteiger charge is 2.15. The summed E-state index contributed by atoms with van der Waals surface area (Å²) in [6.07, 6.45) is 1.39. The zero-order valence-corrected chi connectivity index (χ0v) is 7.99. The number of rotatable bonds is 3. The van der Waals surface area contributed by atoms with Gasteiger partial charge in [-0.3, -0.25) is 5.84 Å². The summed E-state index contributed by atoms with van der Waals surface area (Å²) in [5, 5.41) is 3.26. The Bertz CT molecular complexity index is 280. The van der Waals surface area contributed by atoms with E-state index in [2.05, 4.69) is 10.7 Å². The van der Waals surface area contributed by atoms with Crippen LogP contribution in [0.1, 0.15) is 6.42 Å². The van der Waals surface area contributed by atoms with Crippen LogP contribution in [0, 0.1) is 0 Å². The minimum absolute atomic E-state index is 0.312.